The largest absolute Gasteiger partial charge is 0.507 e. The number of Topliss-reactive ketones (excluding diaryl/α,β-unsaturated/α-hetero) is 1. The zero-order chi connectivity index (χ0) is 23.3. The van der Waals surface area contributed by atoms with E-state index in [4.69, 9.17) is 9.47 Å². The summed E-state index contributed by atoms with van der Waals surface area (Å²) >= 11 is 0. The molecule has 2 aromatic rings. The molecule has 1 unspecified atom stereocenters. The highest BCUT2D eigenvalue weighted by Crippen LogP contribution is 2.40. The molecule has 0 bridgehead atoms. The molecular weight excluding hydrogens is 408 g/mol. The van der Waals surface area contributed by atoms with Crippen LogP contribution in [0.1, 0.15) is 31.0 Å². The Kier molecular flexibility index (Phi) is 7.53. The number of nitrogens with zero attached hydrogens (tertiary/aromatic N) is 2. The van der Waals surface area contributed by atoms with Gasteiger partial charge in [-0.1, -0.05) is 12.1 Å². The van der Waals surface area contributed by atoms with Crippen LogP contribution in [-0.2, 0) is 9.59 Å². The number of amides is 1. The predicted molar refractivity (Wildman–Crippen MR) is 123 cm³/mol. The second-order valence-electron chi connectivity index (χ2n) is 7.76. The highest BCUT2D eigenvalue weighted by Gasteiger charge is 2.46. The molecule has 2 aromatic carbocycles. The Bertz CT molecular complexity index is 998. The van der Waals surface area contributed by atoms with E-state index in [1.807, 2.05) is 57.1 Å². The lowest BCUT2D eigenvalue weighted by atomic mass is 9.95. The van der Waals surface area contributed by atoms with Crippen LogP contribution < -0.4 is 9.47 Å². The van der Waals surface area contributed by atoms with Crippen molar-refractivity contribution >= 4 is 17.4 Å². The lowest BCUT2D eigenvalue weighted by Gasteiger charge is -2.27. The Hall–Kier alpha value is -3.32. The van der Waals surface area contributed by atoms with Crippen molar-refractivity contribution in [3.8, 4) is 11.5 Å². The van der Waals surface area contributed by atoms with Gasteiger partial charge in [0.2, 0.25) is 0 Å². The number of hydrogen-bond acceptors (Lipinski definition) is 6. The standard InChI is InChI=1S/C25H30N2O5/c1-5-31-19-12-10-17(11-13-19)23(28)21-22(18-8-7-9-20(16-18)32-6-2)27(15-14-26(3)4)25(30)24(21)29/h7-13,16,22,28H,5-6,14-15H2,1-4H3. The molecule has 7 nitrogen and oxygen atoms in total. The molecule has 0 aromatic heterocycles. The van der Waals surface area contributed by atoms with E-state index < -0.39 is 17.7 Å². The van der Waals surface area contributed by atoms with Crippen LogP contribution in [0.4, 0.5) is 0 Å². The lowest BCUT2D eigenvalue weighted by molar-refractivity contribution is -0.140. The monoisotopic (exact) mass is 438 g/mol. The van der Waals surface area contributed by atoms with Crippen LogP contribution in [0.3, 0.4) is 0 Å². The zero-order valence-electron chi connectivity index (χ0n) is 19.0. The zero-order valence-corrected chi connectivity index (χ0v) is 19.0. The number of carbonyl (C=O) groups excluding carboxylic acids is 2. The molecule has 1 amide bonds. The Morgan fingerprint density at radius 1 is 1.00 bits per heavy atom. The molecule has 0 saturated carbocycles. The van der Waals surface area contributed by atoms with E-state index >= 15 is 0 Å². The summed E-state index contributed by atoms with van der Waals surface area (Å²) in [6.45, 7) is 5.73. The highest BCUT2D eigenvalue weighted by molar-refractivity contribution is 6.46. The quantitative estimate of drug-likeness (QED) is 0.367. The van der Waals surface area contributed by atoms with Crippen molar-refractivity contribution in [3.05, 3.63) is 65.2 Å². The van der Waals surface area contributed by atoms with Crippen molar-refractivity contribution in [2.45, 2.75) is 19.9 Å². The van der Waals surface area contributed by atoms with Crippen LogP contribution >= 0.6 is 0 Å². The number of aliphatic hydroxyl groups excluding tert-OH is 1. The van der Waals surface area contributed by atoms with Crippen LogP contribution in [0.25, 0.3) is 5.76 Å². The van der Waals surface area contributed by atoms with E-state index in [0.717, 1.165) is 0 Å². The third kappa shape index (κ3) is 4.94. The van der Waals surface area contributed by atoms with E-state index in [9.17, 15) is 14.7 Å². The molecule has 0 aliphatic carbocycles. The van der Waals surface area contributed by atoms with Gasteiger partial charge in [0, 0.05) is 18.7 Å². The topological polar surface area (TPSA) is 79.3 Å². The molecule has 1 aliphatic heterocycles. The first-order chi connectivity index (χ1) is 15.4. The lowest BCUT2D eigenvalue weighted by Crippen LogP contribution is -2.35. The molecule has 1 saturated heterocycles. The molecule has 0 spiro atoms. The minimum atomic E-state index is -0.707. The molecule has 3 rings (SSSR count). The van der Waals surface area contributed by atoms with Crippen molar-refractivity contribution in [1.82, 2.24) is 9.80 Å². The molecule has 0 radical (unpaired) electrons. The van der Waals surface area contributed by atoms with Gasteiger partial charge in [-0.15, -0.1) is 0 Å². The number of likely N-dealkylation sites (tertiary alicyclic amines) is 1. The van der Waals surface area contributed by atoms with Gasteiger partial charge in [-0.2, -0.15) is 0 Å². The number of rotatable bonds is 9. The summed E-state index contributed by atoms with van der Waals surface area (Å²) in [5.74, 6) is -0.209. The minimum absolute atomic E-state index is 0.0755. The maximum absolute atomic E-state index is 13.1. The van der Waals surface area contributed by atoms with Crippen LogP contribution in [0, 0.1) is 0 Å². The van der Waals surface area contributed by atoms with Crippen LogP contribution in [-0.4, -0.2) is 67.0 Å². The fourth-order valence-electron chi connectivity index (χ4n) is 3.74. The van der Waals surface area contributed by atoms with Gasteiger partial charge in [0.15, 0.2) is 0 Å². The van der Waals surface area contributed by atoms with Crippen LogP contribution in [0.15, 0.2) is 54.1 Å². The van der Waals surface area contributed by atoms with Gasteiger partial charge in [-0.05, 0) is 69.9 Å². The first kappa shape index (κ1) is 23.3. The van der Waals surface area contributed by atoms with Gasteiger partial charge in [-0.3, -0.25) is 9.59 Å². The fourth-order valence-corrected chi connectivity index (χ4v) is 3.74. The van der Waals surface area contributed by atoms with Crippen molar-refractivity contribution < 1.29 is 24.2 Å². The van der Waals surface area contributed by atoms with Crippen molar-refractivity contribution in [3.63, 3.8) is 0 Å². The van der Waals surface area contributed by atoms with Gasteiger partial charge in [0.25, 0.3) is 11.7 Å². The first-order valence-corrected chi connectivity index (χ1v) is 10.8. The molecule has 1 heterocycles. The van der Waals surface area contributed by atoms with Crippen LogP contribution in [0.2, 0.25) is 0 Å². The van der Waals surface area contributed by atoms with Gasteiger partial charge in [-0.25, -0.2) is 0 Å². The molecule has 1 aliphatic rings. The molecule has 1 N–H and O–H groups in total. The van der Waals surface area contributed by atoms with E-state index in [1.165, 1.54) is 4.90 Å². The Balaban J connectivity index is 2.10. The summed E-state index contributed by atoms with van der Waals surface area (Å²) in [5.41, 5.74) is 1.23. The highest BCUT2D eigenvalue weighted by atomic mass is 16.5. The smallest absolute Gasteiger partial charge is 0.295 e. The van der Waals surface area contributed by atoms with Crippen molar-refractivity contribution in [1.29, 1.82) is 0 Å². The Morgan fingerprint density at radius 2 is 1.66 bits per heavy atom. The second kappa shape index (κ2) is 10.3. The number of aliphatic hydroxyl groups is 1. The van der Waals surface area contributed by atoms with E-state index in [1.54, 1.807) is 24.3 Å². The second-order valence-corrected chi connectivity index (χ2v) is 7.76. The third-order valence-electron chi connectivity index (χ3n) is 5.25. The first-order valence-electron chi connectivity index (χ1n) is 10.8. The number of hydrogen-bond donors (Lipinski definition) is 1. The maximum Gasteiger partial charge on any atom is 0.295 e. The Morgan fingerprint density at radius 3 is 2.28 bits per heavy atom. The molecular formula is C25H30N2O5. The molecule has 1 atom stereocenters. The van der Waals surface area contributed by atoms with Gasteiger partial charge in [0.1, 0.15) is 17.3 Å². The molecule has 7 heteroatoms. The summed E-state index contributed by atoms with van der Waals surface area (Å²) in [4.78, 5) is 29.5. The maximum atomic E-state index is 13.1. The number of benzene rings is 2. The number of carbonyl (C=O) groups is 2. The average molecular weight is 439 g/mol. The summed E-state index contributed by atoms with van der Waals surface area (Å²) in [7, 11) is 3.81. The molecule has 32 heavy (non-hydrogen) atoms. The summed E-state index contributed by atoms with van der Waals surface area (Å²) in [6, 6.07) is 13.4. The van der Waals surface area contributed by atoms with Crippen molar-refractivity contribution in [2.24, 2.45) is 0 Å². The molecule has 170 valence electrons. The number of ketones is 1. The van der Waals surface area contributed by atoms with Crippen molar-refractivity contribution in [2.75, 3.05) is 40.4 Å². The SMILES string of the molecule is CCOc1ccc(C(O)=C2C(=O)C(=O)N(CCN(C)C)C2c2cccc(OCC)c2)cc1. The number of likely N-dealkylation sites (N-methyl/N-ethyl adjacent to an activating group) is 1. The van der Waals surface area contributed by atoms with E-state index in [-0.39, 0.29) is 11.3 Å². The van der Waals surface area contributed by atoms with Gasteiger partial charge >= 0.3 is 0 Å². The van der Waals surface area contributed by atoms with E-state index in [0.29, 0.717) is 48.9 Å². The van der Waals surface area contributed by atoms with Gasteiger partial charge in [0.05, 0.1) is 24.8 Å². The summed E-state index contributed by atoms with van der Waals surface area (Å²) in [5, 5.41) is 11.1. The summed E-state index contributed by atoms with van der Waals surface area (Å²) in [6.07, 6.45) is 0. The molecule has 1 fully saturated rings. The van der Waals surface area contributed by atoms with Gasteiger partial charge < -0.3 is 24.4 Å². The third-order valence-corrected chi connectivity index (χ3v) is 5.25. The van der Waals surface area contributed by atoms with Crippen LogP contribution in [0.5, 0.6) is 11.5 Å². The normalized spacial score (nSPS) is 17.8. The fraction of sp³-hybridized carbons (Fsp3) is 0.360. The Labute approximate surface area is 188 Å². The number of ether oxygens (including phenoxy) is 2. The summed E-state index contributed by atoms with van der Waals surface area (Å²) < 4.78 is 11.1. The van der Waals surface area contributed by atoms with E-state index in [2.05, 4.69) is 0 Å². The predicted octanol–water partition coefficient (Wildman–Crippen LogP) is 3.47. The minimum Gasteiger partial charge on any atom is -0.507 e. The average Bonchev–Trinajstić information content (AvgIpc) is 3.03.